The summed E-state index contributed by atoms with van der Waals surface area (Å²) in [7, 11) is 0. The largest absolute Gasteiger partial charge is 0.315 e. The molecule has 1 aliphatic rings. The Labute approximate surface area is 108 Å². The molecular weight excluding hydrogens is 280 g/mol. The Kier molecular flexibility index (Phi) is 2.94. The molecular formula is C12H13BrN4. The second kappa shape index (κ2) is 4.58. The van der Waals surface area contributed by atoms with Crippen LogP contribution in [0.2, 0.25) is 0 Å². The summed E-state index contributed by atoms with van der Waals surface area (Å²) >= 11 is 3.45. The van der Waals surface area contributed by atoms with Crippen LogP contribution < -0.4 is 0 Å². The van der Waals surface area contributed by atoms with Crippen LogP contribution in [0.3, 0.4) is 0 Å². The fourth-order valence-corrected chi connectivity index (χ4v) is 2.36. The molecule has 4 nitrogen and oxygen atoms in total. The minimum absolute atomic E-state index is 0.885. The van der Waals surface area contributed by atoms with Crippen molar-refractivity contribution in [1.82, 2.24) is 19.7 Å². The molecule has 0 atom stereocenters. The summed E-state index contributed by atoms with van der Waals surface area (Å²) in [6, 6.07) is 8.48. The second-order valence-electron chi connectivity index (χ2n) is 4.28. The van der Waals surface area contributed by atoms with Crippen LogP contribution in [-0.2, 0) is 19.6 Å². The molecule has 0 saturated carbocycles. The molecule has 2 aromatic rings. The molecule has 17 heavy (non-hydrogen) atoms. The first-order valence-electron chi connectivity index (χ1n) is 5.65. The van der Waals surface area contributed by atoms with Crippen LogP contribution in [-0.4, -0.2) is 26.2 Å². The molecule has 0 radical (unpaired) electrons. The van der Waals surface area contributed by atoms with E-state index in [2.05, 4.69) is 59.9 Å². The van der Waals surface area contributed by atoms with E-state index in [1.54, 1.807) is 0 Å². The van der Waals surface area contributed by atoms with Gasteiger partial charge in [-0.05, 0) is 17.7 Å². The number of rotatable bonds is 2. The molecule has 0 amide bonds. The summed E-state index contributed by atoms with van der Waals surface area (Å²) in [6.45, 7) is 3.90. The first-order chi connectivity index (χ1) is 8.31. The quantitative estimate of drug-likeness (QED) is 0.850. The number of hydrogen-bond acceptors (Lipinski definition) is 3. The summed E-state index contributed by atoms with van der Waals surface area (Å²) < 4.78 is 3.25. The Morgan fingerprint density at radius 1 is 1.18 bits per heavy atom. The van der Waals surface area contributed by atoms with Crippen LogP contribution in [0.4, 0.5) is 0 Å². The molecule has 2 heterocycles. The SMILES string of the molecule is Brc1ccc(CN2CCn3cnnc3C2)cc1. The van der Waals surface area contributed by atoms with Crippen molar-refractivity contribution in [3.8, 4) is 0 Å². The van der Waals surface area contributed by atoms with E-state index in [-0.39, 0.29) is 0 Å². The van der Waals surface area contributed by atoms with Gasteiger partial charge in [0, 0.05) is 24.1 Å². The van der Waals surface area contributed by atoms with Crippen molar-refractivity contribution in [2.24, 2.45) is 0 Å². The Morgan fingerprint density at radius 2 is 2.00 bits per heavy atom. The minimum Gasteiger partial charge on any atom is -0.315 e. The van der Waals surface area contributed by atoms with Gasteiger partial charge in [0.25, 0.3) is 0 Å². The van der Waals surface area contributed by atoms with Gasteiger partial charge in [0.1, 0.15) is 12.2 Å². The standard InChI is InChI=1S/C12H13BrN4/c13-11-3-1-10(2-4-11)7-16-5-6-17-9-14-15-12(17)8-16/h1-4,9H,5-8H2. The van der Waals surface area contributed by atoms with E-state index in [1.165, 1.54) is 5.56 Å². The normalized spacial score (nSPS) is 15.8. The average Bonchev–Trinajstić information content (AvgIpc) is 2.79. The van der Waals surface area contributed by atoms with Crippen LogP contribution in [0.25, 0.3) is 0 Å². The Bertz CT molecular complexity index is 505. The number of halogens is 1. The first-order valence-corrected chi connectivity index (χ1v) is 6.44. The first kappa shape index (κ1) is 10.9. The molecule has 0 N–H and O–H groups in total. The van der Waals surface area contributed by atoms with Gasteiger partial charge in [-0.15, -0.1) is 10.2 Å². The lowest BCUT2D eigenvalue weighted by Crippen LogP contribution is -2.33. The van der Waals surface area contributed by atoms with Crippen molar-refractivity contribution in [2.75, 3.05) is 6.54 Å². The van der Waals surface area contributed by atoms with Crippen molar-refractivity contribution in [3.63, 3.8) is 0 Å². The van der Waals surface area contributed by atoms with Crippen molar-refractivity contribution < 1.29 is 0 Å². The van der Waals surface area contributed by atoms with Crippen LogP contribution in [0.5, 0.6) is 0 Å². The van der Waals surface area contributed by atoms with Crippen LogP contribution in [0.1, 0.15) is 11.4 Å². The summed E-state index contributed by atoms with van der Waals surface area (Å²) in [5.74, 6) is 1.06. The fraction of sp³-hybridized carbons (Fsp3) is 0.333. The summed E-state index contributed by atoms with van der Waals surface area (Å²) in [4.78, 5) is 2.40. The number of benzene rings is 1. The summed E-state index contributed by atoms with van der Waals surface area (Å²) in [5.41, 5.74) is 1.33. The van der Waals surface area contributed by atoms with Crippen LogP contribution in [0.15, 0.2) is 35.1 Å². The van der Waals surface area contributed by atoms with Gasteiger partial charge >= 0.3 is 0 Å². The summed E-state index contributed by atoms with van der Waals surface area (Å²) in [6.07, 6.45) is 1.81. The fourth-order valence-electron chi connectivity index (χ4n) is 2.10. The van der Waals surface area contributed by atoms with Crippen molar-refractivity contribution >= 4 is 15.9 Å². The van der Waals surface area contributed by atoms with E-state index in [1.807, 2.05) is 6.33 Å². The molecule has 5 heteroatoms. The molecule has 1 aliphatic heterocycles. The smallest absolute Gasteiger partial charge is 0.147 e. The Balaban J connectivity index is 1.69. The van der Waals surface area contributed by atoms with Gasteiger partial charge in [0.15, 0.2) is 0 Å². The van der Waals surface area contributed by atoms with E-state index in [4.69, 9.17) is 0 Å². The molecule has 1 aromatic heterocycles. The van der Waals surface area contributed by atoms with Crippen LogP contribution in [0, 0.1) is 0 Å². The highest BCUT2D eigenvalue weighted by Crippen LogP contribution is 2.15. The van der Waals surface area contributed by atoms with Gasteiger partial charge in [0.2, 0.25) is 0 Å². The predicted octanol–water partition coefficient (Wildman–Crippen LogP) is 2.06. The zero-order valence-corrected chi connectivity index (χ0v) is 11.0. The minimum atomic E-state index is 0.885. The highest BCUT2D eigenvalue weighted by atomic mass is 79.9. The number of nitrogens with zero attached hydrogens (tertiary/aromatic N) is 4. The summed E-state index contributed by atoms with van der Waals surface area (Å²) in [5, 5.41) is 8.06. The molecule has 88 valence electrons. The highest BCUT2D eigenvalue weighted by Gasteiger charge is 2.17. The number of fused-ring (bicyclic) bond motifs is 1. The third-order valence-corrected chi connectivity index (χ3v) is 3.57. The predicted molar refractivity (Wildman–Crippen MR) is 68.3 cm³/mol. The second-order valence-corrected chi connectivity index (χ2v) is 5.19. The lowest BCUT2D eigenvalue weighted by atomic mass is 10.2. The maximum absolute atomic E-state index is 4.13. The van der Waals surface area contributed by atoms with Gasteiger partial charge in [-0.3, -0.25) is 4.90 Å². The molecule has 0 aliphatic carbocycles. The van der Waals surface area contributed by atoms with E-state index in [0.717, 1.165) is 36.5 Å². The van der Waals surface area contributed by atoms with E-state index in [0.29, 0.717) is 0 Å². The molecule has 0 fully saturated rings. The molecule has 0 unspecified atom stereocenters. The Hall–Kier alpha value is -1.20. The van der Waals surface area contributed by atoms with Crippen LogP contribution >= 0.6 is 15.9 Å². The topological polar surface area (TPSA) is 34.0 Å². The van der Waals surface area contributed by atoms with Gasteiger partial charge in [-0.2, -0.15) is 0 Å². The molecule has 0 bridgehead atoms. The van der Waals surface area contributed by atoms with Gasteiger partial charge in [-0.1, -0.05) is 28.1 Å². The molecule has 3 rings (SSSR count). The van der Waals surface area contributed by atoms with Crippen molar-refractivity contribution in [3.05, 3.63) is 46.5 Å². The van der Waals surface area contributed by atoms with E-state index < -0.39 is 0 Å². The third kappa shape index (κ3) is 2.40. The number of aromatic nitrogens is 3. The molecule has 1 aromatic carbocycles. The maximum Gasteiger partial charge on any atom is 0.147 e. The lowest BCUT2D eigenvalue weighted by molar-refractivity contribution is 0.209. The zero-order valence-electron chi connectivity index (χ0n) is 9.38. The Morgan fingerprint density at radius 3 is 2.82 bits per heavy atom. The van der Waals surface area contributed by atoms with Gasteiger partial charge in [-0.25, -0.2) is 0 Å². The molecule has 0 saturated heterocycles. The highest BCUT2D eigenvalue weighted by molar-refractivity contribution is 9.10. The maximum atomic E-state index is 4.13. The van der Waals surface area contributed by atoms with Gasteiger partial charge < -0.3 is 4.57 Å². The van der Waals surface area contributed by atoms with Crippen molar-refractivity contribution in [1.29, 1.82) is 0 Å². The van der Waals surface area contributed by atoms with E-state index >= 15 is 0 Å². The molecule has 0 spiro atoms. The zero-order chi connectivity index (χ0) is 11.7. The number of hydrogen-bond donors (Lipinski definition) is 0. The monoisotopic (exact) mass is 292 g/mol. The average molecular weight is 293 g/mol. The lowest BCUT2D eigenvalue weighted by Gasteiger charge is -2.26. The van der Waals surface area contributed by atoms with E-state index in [9.17, 15) is 0 Å². The van der Waals surface area contributed by atoms with Gasteiger partial charge in [0.05, 0.1) is 6.54 Å². The third-order valence-electron chi connectivity index (χ3n) is 3.04. The van der Waals surface area contributed by atoms with Crippen molar-refractivity contribution in [2.45, 2.75) is 19.6 Å².